The molecule has 110 valence electrons. The highest BCUT2D eigenvalue weighted by Crippen LogP contribution is 2.22. The first-order chi connectivity index (χ1) is 9.02. The van der Waals surface area contributed by atoms with E-state index in [1.165, 1.54) is 0 Å². The first kappa shape index (κ1) is 16.3. The SMILES string of the molecule is CCCCSC(C)C(=O)NC1(C(=O)O)CCOCC1. The van der Waals surface area contributed by atoms with Crippen LogP contribution in [0.15, 0.2) is 0 Å². The topological polar surface area (TPSA) is 75.6 Å². The summed E-state index contributed by atoms with van der Waals surface area (Å²) in [6, 6.07) is 0. The fraction of sp³-hybridized carbons (Fsp3) is 0.846. The molecule has 1 aliphatic heterocycles. The summed E-state index contributed by atoms with van der Waals surface area (Å²) in [5.74, 6) is -0.228. The van der Waals surface area contributed by atoms with Crippen molar-refractivity contribution in [1.82, 2.24) is 5.32 Å². The van der Waals surface area contributed by atoms with Gasteiger partial charge in [0.05, 0.1) is 5.25 Å². The number of ether oxygens (including phenoxy) is 1. The first-order valence-electron chi connectivity index (χ1n) is 6.76. The monoisotopic (exact) mass is 289 g/mol. The zero-order valence-corrected chi connectivity index (χ0v) is 12.4. The molecule has 19 heavy (non-hydrogen) atoms. The predicted octanol–water partition coefficient (Wildman–Crippen LogP) is 1.66. The molecule has 1 saturated heterocycles. The van der Waals surface area contributed by atoms with Crippen LogP contribution in [0.3, 0.4) is 0 Å². The van der Waals surface area contributed by atoms with E-state index in [1.54, 1.807) is 11.8 Å². The summed E-state index contributed by atoms with van der Waals surface area (Å²) in [6.45, 7) is 4.69. The third-order valence-corrected chi connectivity index (χ3v) is 4.59. The van der Waals surface area contributed by atoms with Gasteiger partial charge in [0.25, 0.3) is 0 Å². The summed E-state index contributed by atoms with van der Waals surface area (Å²) in [4.78, 5) is 23.5. The Morgan fingerprint density at radius 3 is 2.58 bits per heavy atom. The number of unbranched alkanes of at least 4 members (excludes halogenated alkanes) is 1. The van der Waals surface area contributed by atoms with Crippen LogP contribution < -0.4 is 5.32 Å². The Bertz CT molecular complexity index is 316. The molecule has 0 aromatic carbocycles. The van der Waals surface area contributed by atoms with Gasteiger partial charge in [-0.1, -0.05) is 13.3 Å². The minimum atomic E-state index is -1.14. The fourth-order valence-corrected chi connectivity index (χ4v) is 2.95. The van der Waals surface area contributed by atoms with Crippen molar-refractivity contribution in [2.24, 2.45) is 0 Å². The number of nitrogens with one attached hydrogen (secondary N) is 1. The molecular formula is C13H23NO4S. The summed E-state index contributed by atoms with van der Waals surface area (Å²) in [7, 11) is 0. The van der Waals surface area contributed by atoms with Crippen LogP contribution >= 0.6 is 11.8 Å². The number of carboxylic acid groups (broad SMARTS) is 1. The molecule has 1 aliphatic rings. The number of hydrogen-bond donors (Lipinski definition) is 2. The van der Waals surface area contributed by atoms with Gasteiger partial charge in [-0.05, 0) is 19.1 Å². The Labute approximate surface area is 118 Å². The second-order valence-corrected chi connectivity index (χ2v) is 6.30. The van der Waals surface area contributed by atoms with E-state index >= 15 is 0 Å². The first-order valence-corrected chi connectivity index (χ1v) is 7.81. The van der Waals surface area contributed by atoms with Crippen molar-refractivity contribution in [3.8, 4) is 0 Å². The second-order valence-electron chi connectivity index (χ2n) is 4.86. The Hall–Kier alpha value is -0.750. The molecule has 1 amide bonds. The van der Waals surface area contributed by atoms with Gasteiger partial charge in [0, 0.05) is 26.1 Å². The molecule has 1 fully saturated rings. The minimum absolute atomic E-state index is 0.189. The minimum Gasteiger partial charge on any atom is -0.480 e. The Morgan fingerprint density at radius 1 is 1.42 bits per heavy atom. The number of carbonyl (C=O) groups excluding carboxylic acids is 1. The van der Waals surface area contributed by atoms with Crippen LogP contribution in [-0.2, 0) is 14.3 Å². The molecule has 0 aliphatic carbocycles. The number of hydrogen-bond acceptors (Lipinski definition) is 4. The molecule has 0 radical (unpaired) electrons. The standard InChI is InChI=1S/C13H23NO4S/c1-3-4-9-19-10(2)11(15)14-13(12(16)17)5-7-18-8-6-13/h10H,3-9H2,1-2H3,(H,14,15)(H,16,17). The van der Waals surface area contributed by atoms with Crippen LogP contribution in [0.1, 0.15) is 39.5 Å². The maximum absolute atomic E-state index is 12.1. The van der Waals surface area contributed by atoms with E-state index in [0.717, 1.165) is 18.6 Å². The van der Waals surface area contributed by atoms with Crippen molar-refractivity contribution in [3.05, 3.63) is 0 Å². The summed E-state index contributed by atoms with van der Waals surface area (Å²) in [5.41, 5.74) is -1.14. The molecule has 0 aromatic rings. The normalized spacial score (nSPS) is 19.7. The molecule has 1 rings (SSSR count). The van der Waals surface area contributed by atoms with Crippen LogP contribution in [0.4, 0.5) is 0 Å². The van der Waals surface area contributed by atoms with Gasteiger partial charge in [0.15, 0.2) is 0 Å². The molecule has 0 saturated carbocycles. The lowest BCUT2D eigenvalue weighted by Gasteiger charge is -2.34. The highest BCUT2D eigenvalue weighted by Gasteiger charge is 2.42. The third kappa shape index (κ3) is 4.69. The summed E-state index contributed by atoms with van der Waals surface area (Å²) >= 11 is 1.57. The van der Waals surface area contributed by atoms with Crippen LogP contribution in [0.5, 0.6) is 0 Å². The van der Waals surface area contributed by atoms with Gasteiger partial charge < -0.3 is 15.2 Å². The van der Waals surface area contributed by atoms with Crippen LogP contribution in [0, 0.1) is 0 Å². The highest BCUT2D eigenvalue weighted by atomic mass is 32.2. The number of amides is 1. The van der Waals surface area contributed by atoms with Gasteiger partial charge in [-0.15, -0.1) is 11.8 Å². The maximum Gasteiger partial charge on any atom is 0.329 e. The Balaban J connectivity index is 2.54. The van der Waals surface area contributed by atoms with Crippen LogP contribution in [0.25, 0.3) is 0 Å². The lowest BCUT2D eigenvalue weighted by Crippen LogP contribution is -2.58. The summed E-state index contributed by atoms with van der Waals surface area (Å²) in [6.07, 6.45) is 2.83. The zero-order valence-electron chi connectivity index (χ0n) is 11.6. The van der Waals surface area contributed by atoms with E-state index in [2.05, 4.69) is 12.2 Å². The maximum atomic E-state index is 12.1. The van der Waals surface area contributed by atoms with Crippen LogP contribution in [0.2, 0.25) is 0 Å². The van der Waals surface area contributed by atoms with Crippen molar-refractivity contribution in [2.75, 3.05) is 19.0 Å². The highest BCUT2D eigenvalue weighted by molar-refractivity contribution is 8.00. The molecular weight excluding hydrogens is 266 g/mol. The van der Waals surface area contributed by atoms with Gasteiger partial charge in [0.2, 0.25) is 5.91 Å². The molecule has 1 atom stereocenters. The number of thioether (sulfide) groups is 1. The van der Waals surface area contributed by atoms with E-state index in [0.29, 0.717) is 26.1 Å². The molecule has 1 heterocycles. The van der Waals surface area contributed by atoms with Crippen molar-refractivity contribution in [1.29, 1.82) is 0 Å². The lowest BCUT2D eigenvalue weighted by molar-refractivity contribution is -0.152. The third-order valence-electron chi connectivity index (χ3n) is 3.35. The van der Waals surface area contributed by atoms with Crippen LogP contribution in [-0.4, -0.2) is 46.7 Å². The molecule has 5 nitrogen and oxygen atoms in total. The van der Waals surface area contributed by atoms with Gasteiger partial charge in [0.1, 0.15) is 5.54 Å². The van der Waals surface area contributed by atoms with Gasteiger partial charge >= 0.3 is 5.97 Å². The Kier molecular flexibility index (Phi) is 6.65. The largest absolute Gasteiger partial charge is 0.480 e. The van der Waals surface area contributed by atoms with E-state index < -0.39 is 11.5 Å². The average molecular weight is 289 g/mol. The quantitative estimate of drug-likeness (QED) is 0.697. The predicted molar refractivity (Wildman–Crippen MR) is 75.4 cm³/mol. The molecule has 2 N–H and O–H groups in total. The van der Waals surface area contributed by atoms with Crippen molar-refractivity contribution in [2.45, 2.75) is 50.3 Å². The van der Waals surface area contributed by atoms with E-state index in [1.807, 2.05) is 6.92 Å². The summed E-state index contributed by atoms with van der Waals surface area (Å²) in [5, 5.41) is 11.9. The van der Waals surface area contributed by atoms with E-state index in [4.69, 9.17) is 4.74 Å². The zero-order chi connectivity index (χ0) is 14.3. The van der Waals surface area contributed by atoms with E-state index in [-0.39, 0.29) is 11.2 Å². The summed E-state index contributed by atoms with van der Waals surface area (Å²) < 4.78 is 5.18. The lowest BCUT2D eigenvalue weighted by atomic mass is 9.90. The molecule has 6 heteroatoms. The number of carboxylic acids is 1. The fourth-order valence-electron chi connectivity index (χ4n) is 1.93. The number of carbonyl (C=O) groups is 2. The van der Waals surface area contributed by atoms with Crippen molar-refractivity contribution >= 4 is 23.6 Å². The molecule has 0 aromatic heterocycles. The average Bonchev–Trinajstić information content (AvgIpc) is 2.39. The number of rotatable bonds is 7. The van der Waals surface area contributed by atoms with Crippen molar-refractivity contribution < 1.29 is 19.4 Å². The number of aliphatic carboxylic acids is 1. The van der Waals surface area contributed by atoms with E-state index in [9.17, 15) is 14.7 Å². The van der Waals surface area contributed by atoms with Crippen molar-refractivity contribution in [3.63, 3.8) is 0 Å². The smallest absolute Gasteiger partial charge is 0.329 e. The Morgan fingerprint density at radius 2 is 2.05 bits per heavy atom. The molecule has 0 spiro atoms. The molecule has 1 unspecified atom stereocenters. The van der Waals surface area contributed by atoms with Gasteiger partial charge in [-0.25, -0.2) is 4.79 Å². The van der Waals surface area contributed by atoms with Gasteiger partial charge in [-0.2, -0.15) is 0 Å². The molecule has 0 bridgehead atoms. The second kappa shape index (κ2) is 7.75. The van der Waals surface area contributed by atoms with Gasteiger partial charge in [-0.3, -0.25) is 4.79 Å².